The number of benzene rings is 1. The van der Waals surface area contributed by atoms with Gasteiger partial charge in [-0.3, -0.25) is 24.1 Å². The number of rotatable bonds is 8. The van der Waals surface area contributed by atoms with E-state index in [1.807, 2.05) is 0 Å². The summed E-state index contributed by atoms with van der Waals surface area (Å²) in [6.45, 7) is 2.55. The summed E-state index contributed by atoms with van der Waals surface area (Å²) < 4.78 is 0. The van der Waals surface area contributed by atoms with Crippen molar-refractivity contribution in [1.29, 1.82) is 0 Å². The van der Waals surface area contributed by atoms with Crippen LogP contribution in [0.1, 0.15) is 46.9 Å². The van der Waals surface area contributed by atoms with Gasteiger partial charge in [-0.05, 0) is 25.5 Å². The molecule has 0 aromatic heterocycles. The molecule has 1 aromatic rings. The minimum absolute atomic E-state index is 0.0992. The summed E-state index contributed by atoms with van der Waals surface area (Å²) in [6.07, 6.45) is 0.423. The van der Waals surface area contributed by atoms with Crippen LogP contribution in [0.5, 0.6) is 0 Å². The number of imide groups is 1. The molecule has 1 N–H and O–H groups in total. The van der Waals surface area contributed by atoms with Crippen LogP contribution in [0.2, 0.25) is 0 Å². The fourth-order valence-corrected chi connectivity index (χ4v) is 2.68. The highest BCUT2D eigenvalue weighted by atomic mass is 16.4. The SMILES string of the molecule is CCN(CCC(=O)O)C(=O)CCCN1C(=O)c2ccccc2C1=O. The highest BCUT2D eigenvalue weighted by Gasteiger charge is 2.34. The van der Waals surface area contributed by atoms with Gasteiger partial charge >= 0.3 is 5.97 Å². The van der Waals surface area contributed by atoms with E-state index in [2.05, 4.69) is 0 Å². The molecular weight excluding hydrogens is 312 g/mol. The first-order valence-electron chi connectivity index (χ1n) is 7.90. The summed E-state index contributed by atoms with van der Waals surface area (Å²) in [5.74, 6) is -1.79. The molecule has 2 rings (SSSR count). The maximum absolute atomic E-state index is 12.2. The average molecular weight is 332 g/mol. The second-order valence-electron chi connectivity index (χ2n) is 5.53. The van der Waals surface area contributed by atoms with Crippen LogP contribution in [0.25, 0.3) is 0 Å². The number of carbonyl (C=O) groups is 4. The highest BCUT2D eigenvalue weighted by Crippen LogP contribution is 2.22. The first-order valence-corrected chi connectivity index (χ1v) is 7.90. The Morgan fingerprint density at radius 1 is 1.08 bits per heavy atom. The van der Waals surface area contributed by atoms with Crippen LogP contribution in [0.4, 0.5) is 0 Å². The lowest BCUT2D eigenvalue weighted by Gasteiger charge is -2.20. The number of carboxylic acids is 1. The third-order valence-electron chi connectivity index (χ3n) is 3.98. The van der Waals surface area contributed by atoms with Gasteiger partial charge in [0, 0.05) is 26.1 Å². The van der Waals surface area contributed by atoms with Crippen molar-refractivity contribution in [3.05, 3.63) is 35.4 Å². The Kier molecular flexibility index (Phi) is 5.68. The number of nitrogens with zero attached hydrogens (tertiary/aromatic N) is 2. The Labute approximate surface area is 139 Å². The minimum Gasteiger partial charge on any atom is -0.481 e. The molecule has 0 bridgehead atoms. The number of carbonyl (C=O) groups excluding carboxylic acids is 3. The summed E-state index contributed by atoms with van der Waals surface area (Å²) in [6, 6.07) is 6.65. The fraction of sp³-hybridized carbons (Fsp3) is 0.412. The zero-order valence-corrected chi connectivity index (χ0v) is 13.5. The van der Waals surface area contributed by atoms with E-state index in [-0.39, 0.29) is 43.7 Å². The van der Waals surface area contributed by atoms with E-state index >= 15 is 0 Å². The molecule has 24 heavy (non-hydrogen) atoms. The number of amides is 3. The lowest BCUT2D eigenvalue weighted by Crippen LogP contribution is -2.34. The van der Waals surface area contributed by atoms with E-state index in [4.69, 9.17) is 5.11 Å². The molecule has 0 radical (unpaired) electrons. The quantitative estimate of drug-likeness (QED) is 0.726. The summed E-state index contributed by atoms with van der Waals surface area (Å²) in [7, 11) is 0. The number of hydrogen-bond donors (Lipinski definition) is 1. The lowest BCUT2D eigenvalue weighted by molar-refractivity contribution is -0.138. The molecule has 0 aliphatic carbocycles. The van der Waals surface area contributed by atoms with Gasteiger partial charge in [0.25, 0.3) is 11.8 Å². The van der Waals surface area contributed by atoms with Crippen molar-refractivity contribution < 1.29 is 24.3 Å². The standard InChI is InChI=1S/C17H20N2O5/c1-2-18(11-9-15(21)22)14(20)8-5-10-19-16(23)12-6-3-4-7-13(12)17(19)24/h3-4,6-7H,2,5,8-11H2,1H3,(H,21,22). The van der Waals surface area contributed by atoms with Crippen LogP contribution < -0.4 is 0 Å². The molecule has 0 saturated carbocycles. The maximum Gasteiger partial charge on any atom is 0.305 e. The van der Waals surface area contributed by atoms with Crippen LogP contribution in [-0.4, -0.2) is 58.2 Å². The minimum atomic E-state index is -0.952. The molecule has 0 saturated heterocycles. The van der Waals surface area contributed by atoms with Crippen LogP contribution in [0.15, 0.2) is 24.3 Å². The molecule has 1 aliphatic rings. The molecule has 1 aromatic carbocycles. The van der Waals surface area contributed by atoms with Gasteiger partial charge in [0.15, 0.2) is 0 Å². The number of carboxylic acid groups (broad SMARTS) is 1. The Hall–Kier alpha value is -2.70. The number of aliphatic carboxylic acids is 1. The van der Waals surface area contributed by atoms with E-state index < -0.39 is 5.97 Å². The zero-order valence-electron chi connectivity index (χ0n) is 13.5. The van der Waals surface area contributed by atoms with Gasteiger partial charge in [-0.25, -0.2) is 0 Å². The molecule has 0 atom stereocenters. The Balaban J connectivity index is 1.86. The highest BCUT2D eigenvalue weighted by molar-refractivity contribution is 6.21. The normalized spacial score (nSPS) is 13.1. The zero-order chi connectivity index (χ0) is 17.7. The van der Waals surface area contributed by atoms with Crippen molar-refractivity contribution in [3.8, 4) is 0 Å². The van der Waals surface area contributed by atoms with E-state index in [1.165, 1.54) is 4.90 Å². The predicted octanol–water partition coefficient (Wildman–Crippen LogP) is 1.39. The molecular formula is C17H20N2O5. The summed E-state index contributed by atoms with van der Waals surface area (Å²) >= 11 is 0. The Bertz CT molecular complexity index is 636. The van der Waals surface area contributed by atoms with Gasteiger partial charge < -0.3 is 10.0 Å². The summed E-state index contributed by atoms with van der Waals surface area (Å²) in [5, 5.41) is 8.68. The monoisotopic (exact) mass is 332 g/mol. The summed E-state index contributed by atoms with van der Waals surface area (Å²) in [4.78, 5) is 49.7. The van der Waals surface area contributed by atoms with E-state index in [1.54, 1.807) is 31.2 Å². The van der Waals surface area contributed by atoms with Crippen molar-refractivity contribution in [3.63, 3.8) is 0 Å². The molecule has 0 fully saturated rings. The molecule has 3 amide bonds. The second kappa shape index (κ2) is 7.72. The molecule has 1 heterocycles. The smallest absolute Gasteiger partial charge is 0.305 e. The van der Waals surface area contributed by atoms with E-state index in [9.17, 15) is 19.2 Å². The summed E-state index contributed by atoms with van der Waals surface area (Å²) in [5.41, 5.74) is 0.788. The Morgan fingerprint density at radius 3 is 2.17 bits per heavy atom. The van der Waals surface area contributed by atoms with E-state index in [0.717, 1.165) is 4.90 Å². The van der Waals surface area contributed by atoms with Crippen LogP contribution in [0, 0.1) is 0 Å². The van der Waals surface area contributed by atoms with Gasteiger partial charge in [0.2, 0.25) is 5.91 Å². The fourth-order valence-electron chi connectivity index (χ4n) is 2.68. The van der Waals surface area contributed by atoms with Crippen molar-refractivity contribution in [2.45, 2.75) is 26.2 Å². The second-order valence-corrected chi connectivity index (χ2v) is 5.53. The lowest BCUT2D eigenvalue weighted by atomic mass is 10.1. The van der Waals surface area contributed by atoms with Gasteiger partial charge in [0.1, 0.15) is 0 Å². The predicted molar refractivity (Wildman–Crippen MR) is 85.5 cm³/mol. The number of fused-ring (bicyclic) bond motifs is 1. The van der Waals surface area contributed by atoms with Crippen LogP contribution >= 0.6 is 0 Å². The molecule has 0 unspecified atom stereocenters. The van der Waals surface area contributed by atoms with Crippen LogP contribution in [0.3, 0.4) is 0 Å². The number of hydrogen-bond acceptors (Lipinski definition) is 4. The third-order valence-corrected chi connectivity index (χ3v) is 3.98. The third kappa shape index (κ3) is 3.79. The first kappa shape index (κ1) is 17.7. The maximum atomic E-state index is 12.2. The molecule has 0 spiro atoms. The van der Waals surface area contributed by atoms with Crippen molar-refractivity contribution >= 4 is 23.7 Å². The first-order chi connectivity index (χ1) is 11.5. The van der Waals surface area contributed by atoms with Gasteiger partial charge in [-0.1, -0.05) is 12.1 Å². The average Bonchev–Trinajstić information content (AvgIpc) is 2.80. The topological polar surface area (TPSA) is 95.0 Å². The van der Waals surface area contributed by atoms with Crippen molar-refractivity contribution in [1.82, 2.24) is 9.80 Å². The van der Waals surface area contributed by atoms with Gasteiger partial charge in [-0.15, -0.1) is 0 Å². The Morgan fingerprint density at radius 2 is 1.67 bits per heavy atom. The molecule has 128 valence electrons. The largest absolute Gasteiger partial charge is 0.481 e. The molecule has 7 nitrogen and oxygen atoms in total. The van der Waals surface area contributed by atoms with Crippen LogP contribution in [-0.2, 0) is 9.59 Å². The van der Waals surface area contributed by atoms with Gasteiger partial charge in [-0.2, -0.15) is 0 Å². The van der Waals surface area contributed by atoms with Crippen molar-refractivity contribution in [2.24, 2.45) is 0 Å². The molecule has 1 aliphatic heterocycles. The van der Waals surface area contributed by atoms with Gasteiger partial charge in [0.05, 0.1) is 17.5 Å². The molecule has 7 heteroatoms. The van der Waals surface area contributed by atoms with E-state index in [0.29, 0.717) is 24.1 Å². The van der Waals surface area contributed by atoms with Crippen molar-refractivity contribution in [2.75, 3.05) is 19.6 Å².